The van der Waals surface area contributed by atoms with E-state index >= 15 is 0 Å². The Hall–Kier alpha value is -4.92. The summed E-state index contributed by atoms with van der Waals surface area (Å²) in [5.74, 6) is 0.0456. The molecule has 0 aliphatic heterocycles. The molecule has 3 heterocycles. The second-order valence-electron chi connectivity index (χ2n) is 12.4. The highest BCUT2D eigenvalue weighted by atomic mass is 32.2. The summed E-state index contributed by atoms with van der Waals surface area (Å²) in [6, 6.07) is 14.2. The van der Waals surface area contributed by atoms with E-state index in [0.717, 1.165) is 52.6 Å². The number of nitrogens with one attached hydrogen (secondary N) is 2. The SMILES string of the molecule is Cc1cccc(C)c1-c1cc(OC[C@@H](COC(C)C)NCc2cnc3oc(C4CC4)cc3n2)nc(NS(=O)(=O)c2cccc(C(=O)O)c2)n1. The molecule has 0 unspecified atom stereocenters. The van der Waals surface area contributed by atoms with Crippen LogP contribution in [0.3, 0.4) is 0 Å². The number of carboxylic acids is 1. The molecule has 3 N–H and O–H groups in total. The molecule has 256 valence electrons. The van der Waals surface area contributed by atoms with Crippen LogP contribution in [0, 0.1) is 13.8 Å². The number of hydrogen-bond acceptors (Lipinski definition) is 11. The van der Waals surface area contributed by atoms with Crippen molar-refractivity contribution in [2.75, 3.05) is 17.9 Å². The number of aromatic nitrogens is 4. The summed E-state index contributed by atoms with van der Waals surface area (Å²) in [5.41, 5.74) is 4.92. The number of carboxylic acid groups (broad SMARTS) is 1. The van der Waals surface area contributed by atoms with E-state index in [4.69, 9.17) is 18.9 Å². The summed E-state index contributed by atoms with van der Waals surface area (Å²) in [4.78, 5) is 29.3. The van der Waals surface area contributed by atoms with Gasteiger partial charge in [-0.15, -0.1) is 0 Å². The number of carbonyl (C=O) groups is 1. The number of aromatic carboxylic acids is 1. The molecule has 49 heavy (non-hydrogen) atoms. The Morgan fingerprint density at radius 1 is 1.02 bits per heavy atom. The van der Waals surface area contributed by atoms with Gasteiger partial charge in [0.15, 0.2) is 0 Å². The van der Waals surface area contributed by atoms with Crippen LogP contribution in [-0.2, 0) is 21.3 Å². The molecule has 6 rings (SSSR count). The van der Waals surface area contributed by atoms with Gasteiger partial charge in [0.2, 0.25) is 17.5 Å². The van der Waals surface area contributed by atoms with Crippen LogP contribution in [0.5, 0.6) is 5.88 Å². The highest BCUT2D eigenvalue weighted by Crippen LogP contribution is 2.41. The molecule has 0 saturated heterocycles. The molecule has 1 fully saturated rings. The number of ether oxygens (including phenoxy) is 2. The number of aryl methyl sites for hydroxylation is 2. The Labute approximate surface area is 284 Å². The average Bonchev–Trinajstić information content (AvgIpc) is 3.82. The summed E-state index contributed by atoms with van der Waals surface area (Å²) in [6.45, 7) is 8.59. The van der Waals surface area contributed by atoms with Crippen molar-refractivity contribution in [3.05, 3.63) is 88.9 Å². The second kappa shape index (κ2) is 14.3. The molecular formula is C35H38N6O7S. The molecule has 1 aliphatic carbocycles. The first-order valence-corrected chi connectivity index (χ1v) is 17.5. The van der Waals surface area contributed by atoms with Crippen molar-refractivity contribution in [2.24, 2.45) is 0 Å². The third kappa shape index (κ3) is 8.39. The Kier molecular flexibility index (Phi) is 9.90. The maximum Gasteiger partial charge on any atom is 0.335 e. The van der Waals surface area contributed by atoms with Crippen LogP contribution in [0.15, 0.2) is 70.1 Å². The van der Waals surface area contributed by atoms with Crippen LogP contribution in [-0.4, -0.2) is 64.8 Å². The Balaban J connectivity index is 1.24. The van der Waals surface area contributed by atoms with Gasteiger partial charge in [0.1, 0.15) is 17.9 Å². The van der Waals surface area contributed by atoms with Crippen molar-refractivity contribution < 1.29 is 32.2 Å². The first kappa shape index (κ1) is 34.0. The van der Waals surface area contributed by atoms with Crippen molar-refractivity contribution in [3.8, 4) is 17.1 Å². The molecule has 0 radical (unpaired) electrons. The van der Waals surface area contributed by atoms with Crippen LogP contribution in [0.4, 0.5) is 5.95 Å². The third-order valence-electron chi connectivity index (χ3n) is 7.98. The standard InChI is InChI=1S/C35H38N6O7S/c1-20(2)46-18-26(36-16-25-17-37-33-29(38-25)14-30(48-33)23-11-12-23)19-47-31-15-28(32-21(3)7-5-8-22(32)4)39-35(40-31)41-49(44,45)27-10-6-9-24(13-27)34(42)43/h5-10,13-15,17,20,23,26,36H,11-12,16,18-19H2,1-4H3,(H,42,43)(H,39,40,41)/t26-/m1/s1. The van der Waals surface area contributed by atoms with Gasteiger partial charge in [-0.25, -0.2) is 32.9 Å². The highest BCUT2D eigenvalue weighted by molar-refractivity contribution is 7.92. The van der Waals surface area contributed by atoms with Crippen molar-refractivity contribution in [1.82, 2.24) is 25.3 Å². The van der Waals surface area contributed by atoms with Gasteiger partial charge in [0, 0.05) is 30.2 Å². The highest BCUT2D eigenvalue weighted by Gasteiger charge is 2.28. The van der Waals surface area contributed by atoms with E-state index in [0.29, 0.717) is 30.5 Å². The molecule has 1 saturated carbocycles. The molecule has 5 aromatic rings. The van der Waals surface area contributed by atoms with Crippen molar-refractivity contribution in [2.45, 2.75) is 70.0 Å². The largest absolute Gasteiger partial charge is 0.478 e. The van der Waals surface area contributed by atoms with E-state index in [1.54, 1.807) is 12.3 Å². The van der Waals surface area contributed by atoms with E-state index in [9.17, 15) is 18.3 Å². The predicted octanol–water partition coefficient (Wildman–Crippen LogP) is 5.64. The molecule has 13 nitrogen and oxygen atoms in total. The quantitative estimate of drug-likeness (QED) is 0.124. The van der Waals surface area contributed by atoms with Crippen LogP contribution in [0.2, 0.25) is 0 Å². The zero-order chi connectivity index (χ0) is 34.7. The fraction of sp³-hybridized carbons (Fsp3) is 0.343. The van der Waals surface area contributed by atoms with Crippen LogP contribution in [0.25, 0.3) is 22.5 Å². The Bertz CT molecular complexity index is 2080. The lowest BCUT2D eigenvalue weighted by molar-refractivity contribution is 0.0491. The summed E-state index contributed by atoms with van der Waals surface area (Å²) in [7, 11) is -4.26. The monoisotopic (exact) mass is 686 g/mol. The predicted molar refractivity (Wildman–Crippen MR) is 182 cm³/mol. The van der Waals surface area contributed by atoms with E-state index in [2.05, 4.69) is 25.0 Å². The van der Waals surface area contributed by atoms with E-state index in [1.165, 1.54) is 18.2 Å². The van der Waals surface area contributed by atoms with Crippen molar-refractivity contribution in [1.29, 1.82) is 0 Å². The zero-order valence-electron chi connectivity index (χ0n) is 27.6. The molecular weight excluding hydrogens is 648 g/mol. The molecule has 1 aliphatic rings. The number of sulfonamides is 1. The number of fused-ring (bicyclic) bond motifs is 1. The fourth-order valence-corrected chi connectivity index (χ4v) is 6.30. The van der Waals surface area contributed by atoms with Gasteiger partial charge in [-0.3, -0.25) is 0 Å². The van der Waals surface area contributed by atoms with E-state index in [-0.39, 0.29) is 41.0 Å². The lowest BCUT2D eigenvalue weighted by Gasteiger charge is -2.21. The van der Waals surface area contributed by atoms with E-state index < -0.39 is 16.0 Å². The van der Waals surface area contributed by atoms with Gasteiger partial charge < -0.3 is 24.3 Å². The van der Waals surface area contributed by atoms with Gasteiger partial charge in [-0.05, 0) is 69.9 Å². The van der Waals surface area contributed by atoms with Gasteiger partial charge >= 0.3 is 5.97 Å². The minimum absolute atomic E-state index is 0.0254. The number of hydrogen-bond donors (Lipinski definition) is 3. The molecule has 0 spiro atoms. The van der Waals surface area contributed by atoms with Gasteiger partial charge in [-0.2, -0.15) is 4.98 Å². The minimum Gasteiger partial charge on any atom is -0.478 e. The topological polar surface area (TPSA) is 179 Å². The lowest BCUT2D eigenvalue weighted by atomic mass is 10.00. The summed E-state index contributed by atoms with van der Waals surface area (Å²) >= 11 is 0. The van der Waals surface area contributed by atoms with Gasteiger partial charge in [0.25, 0.3) is 10.0 Å². The zero-order valence-corrected chi connectivity index (χ0v) is 28.5. The lowest BCUT2D eigenvalue weighted by Crippen LogP contribution is -2.39. The number of anilines is 1. The molecule has 2 aromatic carbocycles. The number of nitrogens with zero attached hydrogens (tertiary/aromatic N) is 4. The normalized spacial score (nSPS) is 13.9. The van der Waals surface area contributed by atoms with Crippen LogP contribution in [0.1, 0.15) is 65.5 Å². The first-order chi connectivity index (χ1) is 23.4. The van der Waals surface area contributed by atoms with Crippen molar-refractivity contribution >= 4 is 33.2 Å². The first-order valence-electron chi connectivity index (χ1n) is 16.0. The molecule has 3 aromatic heterocycles. The smallest absolute Gasteiger partial charge is 0.335 e. The van der Waals surface area contributed by atoms with Crippen LogP contribution >= 0.6 is 0 Å². The number of furan rings is 1. The summed E-state index contributed by atoms with van der Waals surface area (Å²) < 4.78 is 47.1. The summed E-state index contributed by atoms with van der Waals surface area (Å²) in [6.07, 6.45) is 3.90. The third-order valence-corrected chi connectivity index (χ3v) is 9.30. The van der Waals surface area contributed by atoms with E-state index in [1.807, 2.05) is 52.0 Å². The van der Waals surface area contributed by atoms with Gasteiger partial charge in [-0.1, -0.05) is 24.3 Å². The van der Waals surface area contributed by atoms with Crippen molar-refractivity contribution in [3.63, 3.8) is 0 Å². The maximum atomic E-state index is 13.4. The number of benzene rings is 2. The minimum atomic E-state index is -4.26. The van der Waals surface area contributed by atoms with Crippen LogP contribution < -0.4 is 14.8 Å². The molecule has 1 atom stereocenters. The average molecular weight is 687 g/mol. The number of rotatable bonds is 15. The molecule has 0 amide bonds. The fourth-order valence-electron chi connectivity index (χ4n) is 5.31. The summed E-state index contributed by atoms with van der Waals surface area (Å²) in [5, 5.41) is 12.8. The molecule has 0 bridgehead atoms. The second-order valence-corrected chi connectivity index (χ2v) is 14.0. The maximum absolute atomic E-state index is 13.4. The Morgan fingerprint density at radius 3 is 2.49 bits per heavy atom. The molecule has 14 heteroatoms. The Morgan fingerprint density at radius 2 is 1.78 bits per heavy atom. The van der Waals surface area contributed by atoms with Gasteiger partial charge in [0.05, 0.1) is 46.8 Å².